The molecule has 10 unspecified atom stereocenters. The Balaban J connectivity index is 3.22. The van der Waals surface area contributed by atoms with Crippen LogP contribution >= 0.6 is 0 Å². The van der Waals surface area contributed by atoms with E-state index in [1.54, 1.807) is 46.4 Å². The third kappa shape index (κ3) is 24.9. The van der Waals surface area contributed by atoms with Crippen molar-refractivity contribution in [3.8, 4) is 0 Å². The molecule has 1 aliphatic heterocycles. The number of nitrogens with zero attached hydrogens (tertiary/aromatic N) is 1. The summed E-state index contributed by atoms with van der Waals surface area (Å²) in [5.74, 6) is -7.20. The lowest BCUT2D eigenvalue weighted by molar-refractivity contribution is -0.142. The van der Waals surface area contributed by atoms with Crippen LogP contribution in [0.25, 0.3) is 0 Å². The fraction of sp³-hybridized carbons (Fsp3) is 0.828. The van der Waals surface area contributed by atoms with Gasteiger partial charge >= 0.3 is 0 Å². The predicted molar refractivity (Wildman–Crippen MR) is 308 cm³/mol. The van der Waals surface area contributed by atoms with E-state index in [1.807, 2.05) is 13.8 Å². The minimum atomic E-state index is -1.67. The standard InChI is InChI=1S/C58H106N10O12/c1-17-20-21-22-23-24-26-38(8)52(77)68-29-25-27-44(68)49(74)62-43(32-36(6)31-42(71)33-41(70)19-3)48(73)61-40(10)47(72)65-56(11,12)54(79)64-46(37(7)18-2)50(75)63-45(35(4)5)51(76)66-58(15,16)55(80)67-57(13,14)53(78)60-39(9)34-59-28-30-69/h35-40,42-46,59,69,71H,17-34H2,1-16H3,(H,60,78)(H,61,73)(H,62,74)(H,63,75)(H,64,79)(H,65,72)(H,66,76)(H,67,80). The SMILES string of the molecule is CCCCCCCCC(C)C(=O)N1CCCC1C(=O)NC(CC(C)CC(O)CC(=O)CC)C(=O)NC(C)C(=O)NC(C)(C)C(=O)NC(C(=O)NC(C(=O)NC(C)(C)C(=O)NC(C)(C)C(=O)NC(C)CNCCO)C(C)C)C(C)CC. The van der Waals surface area contributed by atoms with Crippen LogP contribution in [-0.2, 0) is 47.9 Å². The molecule has 1 saturated heterocycles. The summed E-state index contributed by atoms with van der Waals surface area (Å²) in [6.07, 6.45) is 8.06. The fourth-order valence-electron chi connectivity index (χ4n) is 9.34. The van der Waals surface area contributed by atoms with Gasteiger partial charge in [0, 0.05) is 44.4 Å². The molecule has 0 bridgehead atoms. The summed E-state index contributed by atoms with van der Waals surface area (Å²) in [4.78, 5) is 138. The highest BCUT2D eigenvalue weighted by atomic mass is 16.3. The van der Waals surface area contributed by atoms with E-state index in [1.165, 1.54) is 54.9 Å². The lowest BCUT2D eigenvalue weighted by Crippen LogP contribution is -2.66. The average Bonchev–Trinajstić information content (AvgIpc) is 3.87. The van der Waals surface area contributed by atoms with Crippen molar-refractivity contribution in [2.75, 3.05) is 26.2 Å². The molecule has 0 aromatic rings. The number of hydrogen-bond donors (Lipinski definition) is 11. The first-order valence-corrected chi connectivity index (χ1v) is 29.5. The zero-order valence-electron chi connectivity index (χ0n) is 51.5. The average molecular weight is 1140 g/mol. The van der Waals surface area contributed by atoms with Crippen LogP contribution in [0, 0.1) is 23.7 Å². The summed E-state index contributed by atoms with van der Waals surface area (Å²) < 4.78 is 0. The van der Waals surface area contributed by atoms with Crippen molar-refractivity contribution < 1.29 is 58.2 Å². The van der Waals surface area contributed by atoms with E-state index in [0.717, 1.165) is 32.1 Å². The van der Waals surface area contributed by atoms with E-state index in [2.05, 4.69) is 54.8 Å². The Morgan fingerprint density at radius 3 is 1.79 bits per heavy atom. The number of ketones is 1. The number of aliphatic hydroxyl groups excluding tert-OH is 2. The number of nitrogens with one attached hydrogen (secondary N) is 9. The summed E-state index contributed by atoms with van der Waals surface area (Å²) in [5.41, 5.74) is -4.64. The molecule has 0 aromatic heterocycles. The number of hydrogen-bond acceptors (Lipinski definition) is 13. The van der Waals surface area contributed by atoms with E-state index in [9.17, 15) is 53.1 Å². The maximum atomic E-state index is 14.2. The summed E-state index contributed by atoms with van der Waals surface area (Å²) in [6, 6.07) is -5.99. The highest BCUT2D eigenvalue weighted by Gasteiger charge is 2.42. The molecule has 460 valence electrons. The molecule has 1 aliphatic rings. The van der Waals surface area contributed by atoms with Gasteiger partial charge in [-0.2, -0.15) is 0 Å². The van der Waals surface area contributed by atoms with Gasteiger partial charge in [-0.3, -0.25) is 47.9 Å². The van der Waals surface area contributed by atoms with Crippen molar-refractivity contribution >= 4 is 58.9 Å². The molecule has 0 spiro atoms. The molecule has 0 aromatic carbocycles. The van der Waals surface area contributed by atoms with Gasteiger partial charge < -0.3 is 63.0 Å². The predicted octanol–water partition coefficient (Wildman–Crippen LogP) is 2.94. The van der Waals surface area contributed by atoms with E-state index < -0.39 is 112 Å². The van der Waals surface area contributed by atoms with Gasteiger partial charge in [0.1, 0.15) is 52.6 Å². The summed E-state index contributed by atoms with van der Waals surface area (Å²) >= 11 is 0. The van der Waals surface area contributed by atoms with E-state index >= 15 is 0 Å². The quantitative estimate of drug-likeness (QED) is 0.0397. The van der Waals surface area contributed by atoms with Crippen LogP contribution in [0.4, 0.5) is 0 Å². The molecule has 11 N–H and O–H groups in total. The molecule has 1 rings (SSSR count). The minimum absolute atomic E-state index is 0.0300. The Bertz CT molecular complexity index is 2050. The van der Waals surface area contributed by atoms with Crippen LogP contribution < -0.4 is 47.9 Å². The number of likely N-dealkylation sites (tertiary alicyclic amines) is 1. The molecular weight excluding hydrogens is 1030 g/mol. The van der Waals surface area contributed by atoms with Gasteiger partial charge in [0.2, 0.25) is 53.2 Å². The lowest BCUT2D eigenvalue weighted by Gasteiger charge is -2.35. The van der Waals surface area contributed by atoms with Crippen molar-refractivity contribution in [2.24, 2.45) is 23.7 Å². The summed E-state index contributed by atoms with van der Waals surface area (Å²) in [6.45, 7) is 27.5. The number of carbonyl (C=O) groups excluding carboxylic acids is 10. The Labute approximate surface area is 477 Å². The molecule has 22 nitrogen and oxygen atoms in total. The van der Waals surface area contributed by atoms with Crippen LogP contribution in [0.3, 0.4) is 0 Å². The Morgan fingerprint density at radius 2 is 1.20 bits per heavy atom. The van der Waals surface area contributed by atoms with Crippen LogP contribution in [0.5, 0.6) is 0 Å². The number of Topliss-reactive ketones (excluding diaryl/α,β-unsaturated/α-hetero) is 1. The number of unbranched alkanes of at least 4 members (excludes halogenated alkanes) is 5. The Kier molecular flexibility index (Phi) is 31.8. The minimum Gasteiger partial charge on any atom is -0.395 e. The molecule has 1 fully saturated rings. The molecule has 1 heterocycles. The maximum Gasteiger partial charge on any atom is 0.246 e. The maximum absolute atomic E-state index is 14.2. The van der Waals surface area contributed by atoms with Crippen molar-refractivity contribution in [2.45, 2.75) is 260 Å². The van der Waals surface area contributed by atoms with Crippen LogP contribution in [-0.4, -0.2) is 159 Å². The third-order valence-corrected chi connectivity index (χ3v) is 15.0. The van der Waals surface area contributed by atoms with Crippen molar-refractivity contribution in [1.82, 2.24) is 52.8 Å². The Morgan fingerprint density at radius 1 is 0.625 bits per heavy atom. The van der Waals surface area contributed by atoms with Crippen molar-refractivity contribution in [1.29, 1.82) is 0 Å². The molecule has 0 saturated carbocycles. The van der Waals surface area contributed by atoms with Gasteiger partial charge in [0.15, 0.2) is 0 Å². The Hall–Kier alpha value is -5.22. The molecule has 0 aliphatic carbocycles. The lowest BCUT2D eigenvalue weighted by atomic mass is 9.92. The van der Waals surface area contributed by atoms with Crippen LogP contribution in [0.15, 0.2) is 0 Å². The second kappa shape index (κ2) is 34.9. The van der Waals surface area contributed by atoms with Gasteiger partial charge in [-0.05, 0) is 105 Å². The topological polar surface area (TPSA) is 323 Å². The molecular formula is C58H106N10O12. The van der Waals surface area contributed by atoms with Gasteiger partial charge in [0.05, 0.1) is 12.7 Å². The second-order valence-corrected chi connectivity index (χ2v) is 24.4. The molecule has 80 heavy (non-hydrogen) atoms. The third-order valence-electron chi connectivity index (χ3n) is 15.0. The number of carbonyl (C=O) groups is 10. The first-order chi connectivity index (χ1) is 37.2. The first-order valence-electron chi connectivity index (χ1n) is 29.5. The first kappa shape index (κ1) is 72.8. The molecule has 22 heteroatoms. The smallest absolute Gasteiger partial charge is 0.246 e. The fourth-order valence-corrected chi connectivity index (χ4v) is 9.34. The van der Waals surface area contributed by atoms with Gasteiger partial charge in [-0.25, -0.2) is 0 Å². The van der Waals surface area contributed by atoms with Gasteiger partial charge in [0.25, 0.3) is 0 Å². The summed E-state index contributed by atoms with van der Waals surface area (Å²) in [7, 11) is 0. The molecule has 9 amide bonds. The second-order valence-electron chi connectivity index (χ2n) is 24.4. The number of aliphatic hydroxyl groups is 2. The van der Waals surface area contributed by atoms with Gasteiger partial charge in [-0.15, -0.1) is 0 Å². The van der Waals surface area contributed by atoms with E-state index in [4.69, 9.17) is 5.11 Å². The normalized spacial score (nSPS) is 17.3. The highest BCUT2D eigenvalue weighted by molar-refractivity contribution is 6.00. The highest BCUT2D eigenvalue weighted by Crippen LogP contribution is 2.24. The van der Waals surface area contributed by atoms with Gasteiger partial charge in [-0.1, -0.05) is 100 Å². The number of rotatable bonds is 38. The zero-order chi connectivity index (χ0) is 61.3. The molecule has 0 radical (unpaired) electrons. The van der Waals surface area contributed by atoms with Crippen molar-refractivity contribution in [3.63, 3.8) is 0 Å². The number of amides is 9. The van der Waals surface area contributed by atoms with E-state index in [0.29, 0.717) is 45.3 Å². The summed E-state index contributed by atoms with van der Waals surface area (Å²) in [5, 5.41) is 44.6. The largest absolute Gasteiger partial charge is 0.395 e. The van der Waals surface area contributed by atoms with Crippen molar-refractivity contribution in [3.05, 3.63) is 0 Å². The van der Waals surface area contributed by atoms with Crippen LogP contribution in [0.2, 0.25) is 0 Å². The molecule has 10 atom stereocenters. The van der Waals surface area contributed by atoms with E-state index in [-0.39, 0.29) is 61.9 Å². The monoisotopic (exact) mass is 1130 g/mol. The van der Waals surface area contributed by atoms with Crippen LogP contribution in [0.1, 0.15) is 201 Å². The zero-order valence-corrected chi connectivity index (χ0v) is 51.5.